The lowest BCUT2D eigenvalue weighted by molar-refractivity contribution is 0.114. The molecule has 0 aromatic carbocycles. The number of likely N-dealkylation sites (tertiary alicyclic amines) is 2. The third kappa shape index (κ3) is 3.69. The minimum absolute atomic E-state index is 0.386. The van der Waals surface area contributed by atoms with Gasteiger partial charge in [-0.3, -0.25) is 0 Å². The lowest BCUT2D eigenvalue weighted by Gasteiger charge is -2.38. The molecule has 0 amide bonds. The summed E-state index contributed by atoms with van der Waals surface area (Å²) in [7, 11) is 0. The largest absolute Gasteiger partial charge is 0.328 e. The normalized spacial score (nSPS) is 31.2. The summed E-state index contributed by atoms with van der Waals surface area (Å²) in [6.45, 7) is 10.8. The van der Waals surface area contributed by atoms with Crippen molar-refractivity contribution in [3.63, 3.8) is 0 Å². The van der Waals surface area contributed by atoms with Gasteiger partial charge in [0, 0.05) is 12.1 Å². The van der Waals surface area contributed by atoms with Crippen molar-refractivity contribution in [3.8, 4) is 0 Å². The summed E-state index contributed by atoms with van der Waals surface area (Å²) in [5.41, 5.74) is 6.03. The zero-order chi connectivity index (χ0) is 13.0. The smallest absolute Gasteiger partial charge is 0.0108 e. The van der Waals surface area contributed by atoms with Crippen molar-refractivity contribution in [3.05, 3.63) is 0 Å². The maximum atomic E-state index is 6.03. The zero-order valence-electron chi connectivity index (χ0n) is 12.3. The average Bonchev–Trinajstić information content (AvgIpc) is 2.64. The molecule has 2 aliphatic rings. The number of piperidine rings is 1. The molecule has 0 aliphatic carbocycles. The van der Waals surface area contributed by atoms with Gasteiger partial charge in [0.1, 0.15) is 0 Å². The molecule has 3 nitrogen and oxygen atoms in total. The van der Waals surface area contributed by atoms with Crippen LogP contribution in [-0.4, -0.2) is 54.6 Å². The van der Waals surface area contributed by atoms with Crippen LogP contribution in [0.5, 0.6) is 0 Å². The van der Waals surface area contributed by atoms with E-state index < -0.39 is 0 Å². The molecule has 0 aromatic rings. The standard InChI is InChI=1S/C15H31N3/c1-3-17-9-4-5-15(8-10-17)18-11-6-14(7-12-18)13(2)16/h13-15H,3-12,16H2,1-2H3. The second-order valence-electron chi connectivity index (χ2n) is 6.25. The molecule has 0 radical (unpaired) electrons. The Hall–Kier alpha value is -0.120. The van der Waals surface area contributed by atoms with Crippen molar-refractivity contribution in [2.75, 3.05) is 32.7 Å². The topological polar surface area (TPSA) is 32.5 Å². The Labute approximate surface area is 113 Å². The monoisotopic (exact) mass is 253 g/mol. The van der Waals surface area contributed by atoms with Crippen LogP contribution in [0.15, 0.2) is 0 Å². The molecule has 2 fully saturated rings. The van der Waals surface area contributed by atoms with E-state index in [1.165, 1.54) is 64.8 Å². The van der Waals surface area contributed by atoms with Gasteiger partial charge in [-0.05, 0) is 77.7 Å². The van der Waals surface area contributed by atoms with Crippen molar-refractivity contribution >= 4 is 0 Å². The van der Waals surface area contributed by atoms with Crippen LogP contribution in [0, 0.1) is 5.92 Å². The Morgan fingerprint density at radius 1 is 1.06 bits per heavy atom. The minimum atomic E-state index is 0.386. The predicted octanol–water partition coefficient (Wildman–Crippen LogP) is 1.92. The van der Waals surface area contributed by atoms with Crippen LogP contribution < -0.4 is 5.73 Å². The molecule has 0 bridgehead atoms. The fraction of sp³-hybridized carbons (Fsp3) is 1.00. The summed E-state index contributed by atoms with van der Waals surface area (Å²) < 4.78 is 0. The molecule has 2 atom stereocenters. The van der Waals surface area contributed by atoms with E-state index in [1.807, 2.05) is 0 Å². The molecule has 2 unspecified atom stereocenters. The predicted molar refractivity (Wildman–Crippen MR) is 77.7 cm³/mol. The maximum absolute atomic E-state index is 6.03. The highest BCUT2D eigenvalue weighted by molar-refractivity contribution is 4.83. The molecule has 106 valence electrons. The van der Waals surface area contributed by atoms with E-state index in [4.69, 9.17) is 5.73 Å². The zero-order valence-corrected chi connectivity index (χ0v) is 12.3. The van der Waals surface area contributed by atoms with Gasteiger partial charge in [0.2, 0.25) is 0 Å². The lowest BCUT2D eigenvalue weighted by Crippen LogP contribution is -2.44. The van der Waals surface area contributed by atoms with E-state index in [0.29, 0.717) is 6.04 Å². The van der Waals surface area contributed by atoms with Gasteiger partial charge in [-0.25, -0.2) is 0 Å². The molecule has 2 saturated heterocycles. The molecular formula is C15H31N3. The van der Waals surface area contributed by atoms with E-state index in [1.54, 1.807) is 0 Å². The number of hydrogen-bond donors (Lipinski definition) is 1. The first-order valence-corrected chi connectivity index (χ1v) is 7.92. The van der Waals surface area contributed by atoms with Crippen molar-refractivity contribution in [1.29, 1.82) is 0 Å². The molecule has 0 spiro atoms. The Balaban J connectivity index is 1.79. The van der Waals surface area contributed by atoms with E-state index >= 15 is 0 Å². The summed E-state index contributed by atoms with van der Waals surface area (Å²) in [4.78, 5) is 5.35. The molecule has 18 heavy (non-hydrogen) atoms. The Bertz CT molecular complexity index is 234. The van der Waals surface area contributed by atoms with E-state index in [0.717, 1.165) is 12.0 Å². The molecule has 0 saturated carbocycles. The van der Waals surface area contributed by atoms with Gasteiger partial charge >= 0.3 is 0 Å². The third-order valence-corrected chi connectivity index (χ3v) is 5.07. The number of nitrogens with zero attached hydrogens (tertiary/aromatic N) is 2. The first-order chi connectivity index (χ1) is 8.70. The minimum Gasteiger partial charge on any atom is -0.328 e. The number of nitrogens with two attached hydrogens (primary N) is 1. The second-order valence-corrected chi connectivity index (χ2v) is 6.25. The highest BCUT2D eigenvalue weighted by atomic mass is 15.2. The fourth-order valence-corrected chi connectivity index (χ4v) is 3.63. The lowest BCUT2D eigenvalue weighted by atomic mass is 9.89. The summed E-state index contributed by atoms with van der Waals surface area (Å²) in [6, 6.07) is 1.23. The summed E-state index contributed by atoms with van der Waals surface area (Å²) >= 11 is 0. The van der Waals surface area contributed by atoms with Crippen LogP contribution in [0.1, 0.15) is 46.0 Å². The van der Waals surface area contributed by atoms with Crippen LogP contribution in [-0.2, 0) is 0 Å². The fourth-order valence-electron chi connectivity index (χ4n) is 3.63. The van der Waals surface area contributed by atoms with Crippen molar-refractivity contribution in [1.82, 2.24) is 9.80 Å². The van der Waals surface area contributed by atoms with Gasteiger partial charge in [0.05, 0.1) is 0 Å². The van der Waals surface area contributed by atoms with Gasteiger partial charge < -0.3 is 15.5 Å². The summed E-state index contributed by atoms with van der Waals surface area (Å²) in [6.07, 6.45) is 6.78. The summed E-state index contributed by atoms with van der Waals surface area (Å²) in [5, 5.41) is 0. The molecule has 2 aliphatic heterocycles. The van der Waals surface area contributed by atoms with E-state index in [9.17, 15) is 0 Å². The second kappa shape index (κ2) is 6.88. The first kappa shape index (κ1) is 14.3. The summed E-state index contributed by atoms with van der Waals surface area (Å²) in [5.74, 6) is 0.763. The van der Waals surface area contributed by atoms with Crippen LogP contribution in [0.3, 0.4) is 0 Å². The van der Waals surface area contributed by atoms with Crippen molar-refractivity contribution < 1.29 is 0 Å². The highest BCUT2D eigenvalue weighted by Crippen LogP contribution is 2.25. The maximum Gasteiger partial charge on any atom is 0.0108 e. The average molecular weight is 253 g/mol. The molecule has 2 N–H and O–H groups in total. The van der Waals surface area contributed by atoms with E-state index in [-0.39, 0.29) is 0 Å². The van der Waals surface area contributed by atoms with E-state index in [2.05, 4.69) is 23.6 Å². The molecule has 2 heterocycles. The molecular weight excluding hydrogens is 222 g/mol. The quantitative estimate of drug-likeness (QED) is 0.834. The van der Waals surface area contributed by atoms with Gasteiger partial charge in [-0.2, -0.15) is 0 Å². The van der Waals surface area contributed by atoms with Gasteiger partial charge in [-0.15, -0.1) is 0 Å². The van der Waals surface area contributed by atoms with Gasteiger partial charge in [0.25, 0.3) is 0 Å². The van der Waals surface area contributed by atoms with Crippen LogP contribution in [0.2, 0.25) is 0 Å². The number of rotatable bonds is 3. The highest BCUT2D eigenvalue weighted by Gasteiger charge is 2.27. The SMILES string of the molecule is CCN1CCCC(N2CCC(C(C)N)CC2)CC1. The first-order valence-electron chi connectivity index (χ1n) is 7.92. The Morgan fingerprint density at radius 2 is 1.78 bits per heavy atom. The van der Waals surface area contributed by atoms with Gasteiger partial charge in [-0.1, -0.05) is 6.92 Å². The van der Waals surface area contributed by atoms with Crippen molar-refractivity contribution in [2.24, 2.45) is 11.7 Å². The van der Waals surface area contributed by atoms with Crippen LogP contribution >= 0.6 is 0 Å². The molecule has 3 heteroatoms. The van der Waals surface area contributed by atoms with Gasteiger partial charge in [0.15, 0.2) is 0 Å². The number of hydrogen-bond acceptors (Lipinski definition) is 3. The van der Waals surface area contributed by atoms with Crippen LogP contribution in [0.4, 0.5) is 0 Å². The third-order valence-electron chi connectivity index (χ3n) is 5.07. The Kier molecular flexibility index (Phi) is 5.46. The van der Waals surface area contributed by atoms with Crippen molar-refractivity contribution in [2.45, 2.75) is 58.0 Å². The Morgan fingerprint density at radius 3 is 2.39 bits per heavy atom. The van der Waals surface area contributed by atoms with Crippen LogP contribution in [0.25, 0.3) is 0 Å². The molecule has 0 aromatic heterocycles. The molecule has 2 rings (SSSR count).